The molecule has 0 radical (unpaired) electrons. The van der Waals surface area contributed by atoms with E-state index >= 15 is 0 Å². The molecule has 0 aliphatic rings. The Morgan fingerprint density at radius 3 is 3.23 bits per heavy atom. The van der Waals surface area contributed by atoms with E-state index in [9.17, 15) is 0 Å². The van der Waals surface area contributed by atoms with Crippen molar-refractivity contribution in [3.8, 4) is 5.75 Å². The zero-order valence-corrected chi connectivity index (χ0v) is 8.54. The molecule has 0 fully saturated rings. The minimum Gasteiger partial charge on any atom is -0.490 e. The molecule has 1 aromatic carbocycles. The molecule has 68 valence electrons. The molecule has 13 heavy (non-hydrogen) atoms. The molecule has 0 aliphatic carbocycles. The summed E-state index contributed by atoms with van der Waals surface area (Å²) in [6, 6.07) is 5.89. The number of aromatic amines is 1. The van der Waals surface area contributed by atoms with Crippen molar-refractivity contribution >= 4 is 26.8 Å². The van der Waals surface area contributed by atoms with Gasteiger partial charge >= 0.3 is 0 Å². The van der Waals surface area contributed by atoms with E-state index in [4.69, 9.17) is 4.74 Å². The second-order valence-electron chi connectivity index (χ2n) is 2.63. The Morgan fingerprint density at radius 2 is 2.38 bits per heavy atom. The number of nitrogens with one attached hydrogen (secondary N) is 1. The Labute approximate surface area is 84.2 Å². The summed E-state index contributed by atoms with van der Waals surface area (Å²) in [6.07, 6.45) is 1.79. The second kappa shape index (κ2) is 3.79. The Kier molecular flexibility index (Phi) is 2.49. The predicted octanol–water partition coefficient (Wildman–Crippen LogP) is 2.34. The standard InChI is InChI=1S/C9H9BrN2O/c10-4-5-13-8-3-1-2-7-6-11-12-9(7)8/h1-3,6H,4-5H2,(H,11,12). The highest BCUT2D eigenvalue weighted by Gasteiger charge is 2.01. The van der Waals surface area contributed by atoms with Crippen LogP contribution in [0.1, 0.15) is 0 Å². The number of hydrogen-bond donors (Lipinski definition) is 1. The topological polar surface area (TPSA) is 37.9 Å². The van der Waals surface area contributed by atoms with E-state index < -0.39 is 0 Å². The molecular formula is C9H9BrN2O. The van der Waals surface area contributed by atoms with Crippen LogP contribution in [-0.4, -0.2) is 22.1 Å². The molecule has 1 heterocycles. The average Bonchev–Trinajstić information content (AvgIpc) is 2.62. The minimum atomic E-state index is 0.665. The van der Waals surface area contributed by atoms with Gasteiger partial charge < -0.3 is 4.74 Å². The van der Waals surface area contributed by atoms with Gasteiger partial charge in [-0.05, 0) is 6.07 Å². The molecule has 0 saturated carbocycles. The molecule has 0 saturated heterocycles. The summed E-state index contributed by atoms with van der Waals surface area (Å²) in [6.45, 7) is 0.665. The largest absolute Gasteiger partial charge is 0.490 e. The first kappa shape index (κ1) is 8.56. The maximum Gasteiger partial charge on any atom is 0.144 e. The van der Waals surface area contributed by atoms with Crippen LogP contribution in [0.4, 0.5) is 0 Å². The van der Waals surface area contributed by atoms with Crippen LogP contribution in [0, 0.1) is 0 Å². The third-order valence-electron chi connectivity index (χ3n) is 1.77. The van der Waals surface area contributed by atoms with Gasteiger partial charge in [0.25, 0.3) is 0 Å². The Hall–Kier alpha value is -1.03. The lowest BCUT2D eigenvalue weighted by Gasteiger charge is -2.03. The van der Waals surface area contributed by atoms with Gasteiger partial charge in [-0.3, -0.25) is 5.10 Å². The molecule has 0 aliphatic heterocycles. The van der Waals surface area contributed by atoms with Gasteiger partial charge in [-0.25, -0.2) is 0 Å². The first-order valence-corrected chi connectivity index (χ1v) is 5.15. The van der Waals surface area contributed by atoms with Crippen LogP contribution in [-0.2, 0) is 0 Å². The number of benzene rings is 1. The van der Waals surface area contributed by atoms with E-state index in [2.05, 4.69) is 26.1 Å². The molecule has 3 nitrogen and oxygen atoms in total. The summed E-state index contributed by atoms with van der Waals surface area (Å²) >= 11 is 3.31. The zero-order chi connectivity index (χ0) is 9.10. The van der Waals surface area contributed by atoms with E-state index in [0.29, 0.717) is 6.61 Å². The van der Waals surface area contributed by atoms with Crippen molar-refractivity contribution < 1.29 is 4.74 Å². The van der Waals surface area contributed by atoms with Gasteiger partial charge in [0.05, 0.1) is 12.8 Å². The molecule has 1 N–H and O–H groups in total. The van der Waals surface area contributed by atoms with Crippen molar-refractivity contribution in [2.75, 3.05) is 11.9 Å². The number of aromatic nitrogens is 2. The Bertz CT molecular complexity index is 399. The van der Waals surface area contributed by atoms with Crippen LogP contribution >= 0.6 is 15.9 Å². The summed E-state index contributed by atoms with van der Waals surface area (Å²) in [4.78, 5) is 0. The summed E-state index contributed by atoms with van der Waals surface area (Å²) in [5.41, 5.74) is 0.962. The van der Waals surface area contributed by atoms with Crippen LogP contribution in [0.3, 0.4) is 0 Å². The number of nitrogens with zero attached hydrogens (tertiary/aromatic N) is 1. The van der Waals surface area contributed by atoms with Crippen molar-refractivity contribution in [3.05, 3.63) is 24.4 Å². The lowest BCUT2D eigenvalue weighted by atomic mass is 10.2. The van der Waals surface area contributed by atoms with Gasteiger partial charge in [-0.1, -0.05) is 28.1 Å². The molecule has 0 bridgehead atoms. The SMILES string of the molecule is BrCCOc1cccc2cn[nH]c12. The first-order valence-electron chi connectivity index (χ1n) is 4.02. The van der Waals surface area contributed by atoms with Crippen LogP contribution < -0.4 is 4.74 Å². The van der Waals surface area contributed by atoms with Crippen molar-refractivity contribution in [2.24, 2.45) is 0 Å². The van der Waals surface area contributed by atoms with Crippen molar-refractivity contribution in [1.82, 2.24) is 10.2 Å². The highest BCUT2D eigenvalue weighted by molar-refractivity contribution is 9.09. The predicted molar refractivity (Wildman–Crippen MR) is 55.4 cm³/mol. The fraction of sp³-hybridized carbons (Fsp3) is 0.222. The number of para-hydroxylation sites is 1. The van der Waals surface area contributed by atoms with E-state index in [0.717, 1.165) is 22.0 Å². The van der Waals surface area contributed by atoms with Gasteiger partial charge in [0.1, 0.15) is 11.3 Å². The van der Waals surface area contributed by atoms with E-state index in [1.165, 1.54) is 0 Å². The molecule has 0 amide bonds. The van der Waals surface area contributed by atoms with E-state index in [-0.39, 0.29) is 0 Å². The van der Waals surface area contributed by atoms with Gasteiger partial charge in [-0.15, -0.1) is 0 Å². The number of halogens is 1. The summed E-state index contributed by atoms with van der Waals surface area (Å²) in [5, 5.41) is 8.77. The fourth-order valence-corrected chi connectivity index (χ4v) is 1.37. The second-order valence-corrected chi connectivity index (χ2v) is 3.42. The lowest BCUT2D eigenvalue weighted by Crippen LogP contribution is -1.97. The molecule has 2 rings (SSSR count). The lowest BCUT2D eigenvalue weighted by molar-refractivity contribution is 0.348. The first-order chi connectivity index (χ1) is 6.42. The average molecular weight is 241 g/mol. The molecule has 0 atom stereocenters. The third-order valence-corrected chi connectivity index (χ3v) is 2.10. The van der Waals surface area contributed by atoms with E-state index in [1.54, 1.807) is 6.20 Å². The smallest absolute Gasteiger partial charge is 0.144 e. The number of fused-ring (bicyclic) bond motifs is 1. The molecule has 0 unspecified atom stereocenters. The molecule has 2 aromatic rings. The van der Waals surface area contributed by atoms with Crippen LogP contribution in [0.5, 0.6) is 5.75 Å². The van der Waals surface area contributed by atoms with Crippen molar-refractivity contribution in [2.45, 2.75) is 0 Å². The summed E-state index contributed by atoms with van der Waals surface area (Å²) in [7, 11) is 0. The number of alkyl halides is 1. The van der Waals surface area contributed by atoms with Gasteiger partial charge in [0.2, 0.25) is 0 Å². The Balaban J connectivity index is 2.37. The quantitative estimate of drug-likeness (QED) is 0.837. The number of ether oxygens (including phenoxy) is 1. The minimum absolute atomic E-state index is 0.665. The highest BCUT2D eigenvalue weighted by Crippen LogP contribution is 2.22. The number of rotatable bonds is 3. The zero-order valence-electron chi connectivity index (χ0n) is 6.96. The summed E-state index contributed by atoms with van der Waals surface area (Å²) < 4.78 is 5.51. The van der Waals surface area contributed by atoms with Crippen molar-refractivity contribution in [1.29, 1.82) is 0 Å². The maximum absolute atomic E-state index is 5.51. The fourth-order valence-electron chi connectivity index (χ4n) is 1.21. The third kappa shape index (κ3) is 1.67. The van der Waals surface area contributed by atoms with E-state index in [1.807, 2.05) is 18.2 Å². The molecular weight excluding hydrogens is 232 g/mol. The van der Waals surface area contributed by atoms with Crippen molar-refractivity contribution in [3.63, 3.8) is 0 Å². The maximum atomic E-state index is 5.51. The monoisotopic (exact) mass is 240 g/mol. The van der Waals surface area contributed by atoms with Gasteiger partial charge in [0.15, 0.2) is 0 Å². The molecule has 1 aromatic heterocycles. The normalized spacial score (nSPS) is 10.5. The number of H-pyrrole nitrogens is 1. The molecule has 0 spiro atoms. The molecule has 4 heteroatoms. The van der Waals surface area contributed by atoms with Crippen LogP contribution in [0.25, 0.3) is 10.9 Å². The van der Waals surface area contributed by atoms with Crippen LogP contribution in [0.2, 0.25) is 0 Å². The van der Waals surface area contributed by atoms with Gasteiger partial charge in [0, 0.05) is 10.7 Å². The van der Waals surface area contributed by atoms with Gasteiger partial charge in [-0.2, -0.15) is 5.10 Å². The highest BCUT2D eigenvalue weighted by atomic mass is 79.9. The summed E-state index contributed by atoms with van der Waals surface area (Å²) in [5.74, 6) is 0.856. The van der Waals surface area contributed by atoms with Crippen LogP contribution in [0.15, 0.2) is 24.4 Å². The number of hydrogen-bond acceptors (Lipinski definition) is 2. The Morgan fingerprint density at radius 1 is 1.46 bits per heavy atom.